The molecule has 8 heteroatoms. The van der Waals surface area contributed by atoms with Gasteiger partial charge in [0.15, 0.2) is 17.0 Å². The minimum absolute atomic E-state index is 0.0121. The summed E-state index contributed by atoms with van der Waals surface area (Å²) in [6.07, 6.45) is 0. The molecule has 2 aromatic rings. The summed E-state index contributed by atoms with van der Waals surface area (Å²) in [6, 6.07) is 5.58. The number of nitrogens with one attached hydrogen (secondary N) is 1. The van der Waals surface area contributed by atoms with Gasteiger partial charge in [-0.15, -0.1) is 0 Å². The minimum atomic E-state index is -1.45. The zero-order valence-corrected chi connectivity index (χ0v) is 11.9. The zero-order valence-electron chi connectivity index (χ0n) is 11.2. The lowest BCUT2D eigenvalue weighted by Gasteiger charge is -2.11. The number of esters is 1. The summed E-state index contributed by atoms with van der Waals surface area (Å²) in [5.74, 6) is -1.54. The van der Waals surface area contributed by atoms with Gasteiger partial charge in [-0.25, -0.2) is 14.8 Å². The molecule has 1 heterocycles. The second-order valence-electron chi connectivity index (χ2n) is 4.07. The Labute approximate surface area is 125 Å². The number of aromatic nitrogens is 2. The maximum atomic E-state index is 11.9. The number of anilines is 1. The summed E-state index contributed by atoms with van der Waals surface area (Å²) >= 11 is 5.95. The van der Waals surface area contributed by atoms with E-state index in [9.17, 15) is 9.59 Å². The summed E-state index contributed by atoms with van der Waals surface area (Å²) in [5.41, 5.74) is 6.63. The Morgan fingerprint density at radius 1 is 1.33 bits per heavy atom. The average Bonchev–Trinajstić information content (AvgIpc) is 2.47. The van der Waals surface area contributed by atoms with Crippen molar-refractivity contribution in [3.8, 4) is 0 Å². The van der Waals surface area contributed by atoms with Crippen molar-refractivity contribution < 1.29 is 14.3 Å². The quantitative estimate of drug-likeness (QED) is 0.647. The van der Waals surface area contributed by atoms with Crippen LogP contribution in [0.15, 0.2) is 24.3 Å². The average molecular weight is 309 g/mol. The SMILES string of the molecule is CCOC(=O)C(N)C(=O)Nc1nc2ccccc2nc1Cl. The fourth-order valence-electron chi connectivity index (χ4n) is 1.59. The number of carbonyl (C=O) groups is 2. The molecule has 0 bridgehead atoms. The van der Waals surface area contributed by atoms with Crippen LogP contribution in [0.2, 0.25) is 5.15 Å². The number of hydrogen-bond acceptors (Lipinski definition) is 6. The van der Waals surface area contributed by atoms with Crippen LogP contribution in [-0.2, 0) is 14.3 Å². The Bertz CT molecular complexity index is 692. The molecule has 7 nitrogen and oxygen atoms in total. The van der Waals surface area contributed by atoms with E-state index in [-0.39, 0.29) is 17.6 Å². The first-order chi connectivity index (χ1) is 10.0. The fraction of sp³-hybridized carbons (Fsp3) is 0.231. The van der Waals surface area contributed by atoms with Gasteiger partial charge in [-0.05, 0) is 19.1 Å². The third-order valence-electron chi connectivity index (χ3n) is 2.59. The fourth-order valence-corrected chi connectivity index (χ4v) is 1.77. The Balaban J connectivity index is 2.21. The third kappa shape index (κ3) is 3.45. The first-order valence-electron chi connectivity index (χ1n) is 6.18. The largest absolute Gasteiger partial charge is 0.464 e. The summed E-state index contributed by atoms with van der Waals surface area (Å²) in [5, 5.41) is 2.38. The molecular weight excluding hydrogens is 296 g/mol. The third-order valence-corrected chi connectivity index (χ3v) is 2.86. The van der Waals surface area contributed by atoms with Gasteiger partial charge in [0.2, 0.25) is 0 Å². The molecule has 1 aromatic heterocycles. The monoisotopic (exact) mass is 308 g/mol. The number of para-hydroxylation sites is 2. The number of rotatable bonds is 4. The number of nitrogens with two attached hydrogens (primary N) is 1. The number of ether oxygens (including phenoxy) is 1. The molecule has 2 rings (SSSR count). The second kappa shape index (κ2) is 6.47. The Kier molecular flexibility index (Phi) is 4.66. The predicted molar refractivity (Wildman–Crippen MR) is 77.8 cm³/mol. The van der Waals surface area contributed by atoms with Gasteiger partial charge < -0.3 is 15.8 Å². The molecule has 0 fully saturated rings. The number of carbonyl (C=O) groups excluding carboxylic acids is 2. The first kappa shape index (κ1) is 15.1. The smallest absolute Gasteiger partial charge is 0.332 e. The Morgan fingerprint density at radius 2 is 1.95 bits per heavy atom. The lowest BCUT2D eigenvalue weighted by molar-refractivity contribution is -0.146. The van der Waals surface area contributed by atoms with E-state index in [1.54, 1.807) is 31.2 Å². The summed E-state index contributed by atoms with van der Waals surface area (Å²) in [6.45, 7) is 1.75. The van der Waals surface area contributed by atoms with Crippen LogP contribution in [0.1, 0.15) is 6.92 Å². The molecule has 0 aliphatic rings. The molecule has 1 atom stereocenters. The van der Waals surface area contributed by atoms with Gasteiger partial charge in [-0.2, -0.15) is 0 Å². The van der Waals surface area contributed by atoms with E-state index >= 15 is 0 Å². The number of amides is 1. The van der Waals surface area contributed by atoms with E-state index in [0.29, 0.717) is 11.0 Å². The van der Waals surface area contributed by atoms with Crippen LogP contribution in [0.5, 0.6) is 0 Å². The topological polar surface area (TPSA) is 107 Å². The van der Waals surface area contributed by atoms with Gasteiger partial charge in [-0.1, -0.05) is 23.7 Å². The van der Waals surface area contributed by atoms with Crippen molar-refractivity contribution in [3.63, 3.8) is 0 Å². The molecule has 0 aliphatic heterocycles. The molecule has 21 heavy (non-hydrogen) atoms. The number of halogens is 1. The lowest BCUT2D eigenvalue weighted by Crippen LogP contribution is -2.43. The van der Waals surface area contributed by atoms with Crippen LogP contribution in [0.4, 0.5) is 5.82 Å². The molecule has 0 aliphatic carbocycles. The number of hydrogen-bond donors (Lipinski definition) is 2. The van der Waals surface area contributed by atoms with E-state index in [1.807, 2.05) is 0 Å². The molecule has 1 unspecified atom stereocenters. The van der Waals surface area contributed by atoms with Crippen molar-refractivity contribution in [2.75, 3.05) is 11.9 Å². The number of nitrogens with zero attached hydrogens (tertiary/aromatic N) is 2. The molecule has 1 amide bonds. The van der Waals surface area contributed by atoms with Gasteiger partial charge in [0, 0.05) is 0 Å². The molecule has 0 saturated carbocycles. The Morgan fingerprint density at radius 3 is 2.57 bits per heavy atom. The van der Waals surface area contributed by atoms with Gasteiger partial charge in [-0.3, -0.25) is 4.79 Å². The highest BCUT2D eigenvalue weighted by Gasteiger charge is 2.24. The van der Waals surface area contributed by atoms with Crippen molar-refractivity contribution in [2.24, 2.45) is 5.73 Å². The Hall–Kier alpha value is -2.25. The number of benzene rings is 1. The highest BCUT2D eigenvalue weighted by molar-refractivity contribution is 6.32. The summed E-state index contributed by atoms with van der Waals surface area (Å²) < 4.78 is 4.67. The van der Waals surface area contributed by atoms with Gasteiger partial charge in [0.05, 0.1) is 17.6 Å². The molecule has 110 valence electrons. The molecule has 1 aromatic carbocycles. The molecule has 0 spiro atoms. The second-order valence-corrected chi connectivity index (χ2v) is 4.43. The van der Waals surface area contributed by atoms with E-state index in [2.05, 4.69) is 20.0 Å². The van der Waals surface area contributed by atoms with E-state index in [4.69, 9.17) is 17.3 Å². The zero-order chi connectivity index (χ0) is 15.4. The summed E-state index contributed by atoms with van der Waals surface area (Å²) in [4.78, 5) is 31.5. The predicted octanol–water partition coefficient (Wildman–Crippen LogP) is 1.11. The highest BCUT2D eigenvalue weighted by Crippen LogP contribution is 2.20. The van der Waals surface area contributed by atoms with Crippen LogP contribution in [-0.4, -0.2) is 34.5 Å². The van der Waals surface area contributed by atoms with Crippen LogP contribution < -0.4 is 11.1 Å². The van der Waals surface area contributed by atoms with Crippen molar-refractivity contribution >= 4 is 40.3 Å². The molecule has 3 N–H and O–H groups in total. The van der Waals surface area contributed by atoms with Gasteiger partial charge >= 0.3 is 5.97 Å². The molecule has 0 saturated heterocycles. The van der Waals surface area contributed by atoms with E-state index in [0.717, 1.165) is 0 Å². The number of fused-ring (bicyclic) bond motifs is 1. The van der Waals surface area contributed by atoms with Crippen molar-refractivity contribution in [1.29, 1.82) is 0 Å². The van der Waals surface area contributed by atoms with Crippen molar-refractivity contribution in [1.82, 2.24) is 9.97 Å². The molecular formula is C13H13ClN4O3. The highest BCUT2D eigenvalue weighted by atomic mass is 35.5. The minimum Gasteiger partial charge on any atom is -0.464 e. The first-order valence-corrected chi connectivity index (χ1v) is 6.56. The van der Waals surface area contributed by atoms with Gasteiger partial charge in [0.25, 0.3) is 5.91 Å². The normalized spacial score (nSPS) is 12.0. The molecule has 0 radical (unpaired) electrons. The maximum absolute atomic E-state index is 11.9. The standard InChI is InChI=1S/C13H13ClN4O3/c1-2-21-13(20)9(15)12(19)18-11-10(14)16-7-5-3-4-6-8(7)17-11/h3-6,9H,2,15H2,1H3,(H,17,18,19). The van der Waals surface area contributed by atoms with Crippen molar-refractivity contribution in [2.45, 2.75) is 13.0 Å². The maximum Gasteiger partial charge on any atom is 0.332 e. The van der Waals surface area contributed by atoms with Crippen LogP contribution >= 0.6 is 11.6 Å². The van der Waals surface area contributed by atoms with E-state index in [1.165, 1.54) is 0 Å². The van der Waals surface area contributed by atoms with Crippen LogP contribution in [0.25, 0.3) is 11.0 Å². The van der Waals surface area contributed by atoms with Crippen LogP contribution in [0.3, 0.4) is 0 Å². The van der Waals surface area contributed by atoms with E-state index < -0.39 is 17.9 Å². The lowest BCUT2D eigenvalue weighted by atomic mass is 10.3. The van der Waals surface area contributed by atoms with Gasteiger partial charge in [0.1, 0.15) is 0 Å². The van der Waals surface area contributed by atoms with Crippen molar-refractivity contribution in [3.05, 3.63) is 29.4 Å². The van der Waals surface area contributed by atoms with Crippen LogP contribution in [0, 0.1) is 0 Å². The summed E-state index contributed by atoms with van der Waals surface area (Å²) in [7, 11) is 0.